The van der Waals surface area contributed by atoms with Crippen molar-refractivity contribution in [3.8, 4) is 0 Å². The quantitative estimate of drug-likeness (QED) is 0.728. The monoisotopic (exact) mass is 198 g/mol. The third-order valence-corrected chi connectivity index (χ3v) is 3.25. The van der Waals surface area contributed by atoms with Gasteiger partial charge in [0.15, 0.2) is 0 Å². The van der Waals surface area contributed by atoms with Crippen molar-refractivity contribution < 1.29 is 0 Å². The lowest BCUT2D eigenvalue weighted by Crippen LogP contribution is -2.41. The Labute approximate surface area is 89.1 Å². The van der Waals surface area contributed by atoms with Crippen LogP contribution < -0.4 is 5.32 Å². The van der Waals surface area contributed by atoms with Gasteiger partial charge in [-0.3, -0.25) is 0 Å². The maximum Gasteiger partial charge on any atom is 0.00884 e. The van der Waals surface area contributed by atoms with Crippen LogP contribution in [0.4, 0.5) is 0 Å². The number of likely N-dealkylation sites (tertiary alicyclic amines) is 1. The van der Waals surface area contributed by atoms with Crippen molar-refractivity contribution in [1.82, 2.24) is 10.2 Å². The van der Waals surface area contributed by atoms with Crippen molar-refractivity contribution in [2.24, 2.45) is 5.92 Å². The average molecular weight is 198 g/mol. The second kappa shape index (κ2) is 6.41. The van der Waals surface area contributed by atoms with Crippen molar-refractivity contribution in [2.45, 2.75) is 45.6 Å². The van der Waals surface area contributed by atoms with Crippen LogP contribution in [0.3, 0.4) is 0 Å². The molecule has 84 valence electrons. The maximum absolute atomic E-state index is 3.37. The van der Waals surface area contributed by atoms with Gasteiger partial charge in [0.2, 0.25) is 0 Å². The molecule has 0 aromatic carbocycles. The topological polar surface area (TPSA) is 15.3 Å². The van der Waals surface area contributed by atoms with Gasteiger partial charge < -0.3 is 10.2 Å². The summed E-state index contributed by atoms with van der Waals surface area (Å²) >= 11 is 0. The second-order valence-electron chi connectivity index (χ2n) is 4.94. The Morgan fingerprint density at radius 1 is 1.29 bits per heavy atom. The lowest BCUT2D eigenvalue weighted by molar-refractivity contribution is 0.196. The number of hydrogen-bond acceptors (Lipinski definition) is 2. The zero-order valence-electron chi connectivity index (χ0n) is 10.1. The van der Waals surface area contributed by atoms with Crippen LogP contribution in [0.25, 0.3) is 0 Å². The minimum atomic E-state index is 0.774. The summed E-state index contributed by atoms with van der Waals surface area (Å²) in [5, 5.41) is 3.37. The number of nitrogens with zero attached hydrogens (tertiary/aromatic N) is 1. The smallest absolute Gasteiger partial charge is 0.00884 e. The van der Waals surface area contributed by atoms with E-state index < -0.39 is 0 Å². The molecule has 1 rings (SSSR count). The number of nitrogens with one attached hydrogen (secondary N) is 1. The van der Waals surface area contributed by atoms with E-state index in [2.05, 4.69) is 31.1 Å². The molecule has 0 spiro atoms. The summed E-state index contributed by atoms with van der Waals surface area (Å²) in [6, 6.07) is 0.774. The molecule has 0 aromatic heterocycles. The molecule has 0 radical (unpaired) electrons. The maximum atomic E-state index is 3.37. The highest BCUT2D eigenvalue weighted by Gasteiger charge is 2.16. The molecule has 0 aromatic rings. The van der Waals surface area contributed by atoms with Crippen LogP contribution in [0.5, 0.6) is 0 Å². The molecule has 2 heteroatoms. The fourth-order valence-electron chi connectivity index (χ4n) is 2.17. The Balaban J connectivity index is 2.04. The fourth-order valence-corrected chi connectivity index (χ4v) is 2.17. The van der Waals surface area contributed by atoms with Gasteiger partial charge in [0, 0.05) is 6.04 Å². The first-order valence-electron chi connectivity index (χ1n) is 6.12. The van der Waals surface area contributed by atoms with E-state index in [1.807, 2.05) is 0 Å². The Bertz CT molecular complexity index is 137. The van der Waals surface area contributed by atoms with Gasteiger partial charge in [-0.1, -0.05) is 13.8 Å². The third kappa shape index (κ3) is 4.43. The van der Waals surface area contributed by atoms with Crippen molar-refractivity contribution in [2.75, 3.05) is 26.7 Å². The van der Waals surface area contributed by atoms with E-state index in [0.29, 0.717) is 0 Å². The summed E-state index contributed by atoms with van der Waals surface area (Å²) in [4.78, 5) is 2.62. The molecule has 2 nitrogen and oxygen atoms in total. The lowest BCUT2D eigenvalue weighted by Gasteiger charge is -2.31. The van der Waals surface area contributed by atoms with Crippen LogP contribution in [-0.4, -0.2) is 37.6 Å². The molecule has 1 aliphatic rings. The molecule has 1 fully saturated rings. The van der Waals surface area contributed by atoms with Crippen LogP contribution in [0.2, 0.25) is 0 Å². The first-order chi connectivity index (χ1) is 6.72. The van der Waals surface area contributed by atoms with Crippen LogP contribution in [0, 0.1) is 5.92 Å². The summed E-state index contributed by atoms with van der Waals surface area (Å²) < 4.78 is 0. The van der Waals surface area contributed by atoms with Gasteiger partial charge in [0.25, 0.3) is 0 Å². The summed E-state index contributed by atoms with van der Waals surface area (Å²) in [5.41, 5.74) is 0. The lowest BCUT2D eigenvalue weighted by atomic mass is 10.0. The van der Waals surface area contributed by atoms with Gasteiger partial charge in [-0.2, -0.15) is 0 Å². The molecule has 14 heavy (non-hydrogen) atoms. The highest BCUT2D eigenvalue weighted by atomic mass is 15.1. The SMILES string of the molecule is CNC1CCN(CCCC(C)C)CC1. The van der Waals surface area contributed by atoms with Gasteiger partial charge in [-0.05, 0) is 58.3 Å². The van der Waals surface area contributed by atoms with Gasteiger partial charge >= 0.3 is 0 Å². The van der Waals surface area contributed by atoms with Gasteiger partial charge in [-0.25, -0.2) is 0 Å². The number of rotatable bonds is 5. The van der Waals surface area contributed by atoms with Gasteiger partial charge in [-0.15, -0.1) is 0 Å². The first-order valence-corrected chi connectivity index (χ1v) is 6.12. The van der Waals surface area contributed by atoms with E-state index in [1.165, 1.54) is 45.3 Å². The molecular formula is C12H26N2. The second-order valence-corrected chi connectivity index (χ2v) is 4.94. The largest absolute Gasteiger partial charge is 0.317 e. The van der Waals surface area contributed by atoms with E-state index in [0.717, 1.165) is 12.0 Å². The molecule has 0 amide bonds. The van der Waals surface area contributed by atoms with E-state index >= 15 is 0 Å². The summed E-state index contributed by atoms with van der Waals surface area (Å²) in [5.74, 6) is 0.866. The molecule has 1 heterocycles. The molecular weight excluding hydrogens is 172 g/mol. The fraction of sp³-hybridized carbons (Fsp3) is 1.00. The summed E-state index contributed by atoms with van der Waals surface area (Å²) in [7, 11) is 2.08. The van der Waals surface area contributed by atoms with E-state index in [-0.39, 0.29) is 0 Å². The standard InChI is InChI=1S/C12H26N2/c1-11(2)5-4-8-14-9-6-12(13-3)7-10-14/h11-13H,4-10H2,1-3H3. The highest BCUT2D eigenvalue weighted by Crippen LogP contribution is 2.12. The summed E-state index contributed by atoms with van der Waals surface area (Å²) in [6.45, 7) is 8.53. The predicted octanol–water partition coefficient (Wildman–Crippen LogP) is 2.11. The molecule has 0 aliphatic carbocycles. The zero-order valence-corrected chi connectivity index (χ0v) is 10.1. The van der Waals surface area contributed by atoms with E-state index in [9.17, 15) is 0 Å². The molecule has 1 saturated heterocycles. The van der Waals surface area contributed by atoms with Crippen molar-refractivity contribution in [3.05, 3.63) is 0 Å². The molecule has 1 N–H and O–H groups in total. The van der Waals surface area contributed by atoms with Crippen LogP contribution in [0.15, 0.2) is 0 Å². The minimum absolute atomic E-state index is 0.774. The van der Waals surface area contributed by atoms with Crippen LogP contribution in [0.1, 0.15) is 39.5 Å². The molecule has 0 bridgehead atoms. The molecule has 0 saturated carbocycles. The van der Waals surface area contributed by atoms with Crippen molar-refractivity contribution >= 4 is 0 Å². The summed E-state index contributed by atoms with van der Waals surface area (Å²) in [6.07, 6.45) is 5.42. The van der Waals surface area contributed by atoms with Gasteiger partial charge in [0.05, 0.1) is 0 Å². The van der Waals surface area contributed by atoms with E-state index in [4.69, 9.17) is 0 Å². The zero-order chi connectivity index (χ0) is 10.4. The third-order valence-electron chi connectivity index (χ3n) is 3.25. The van der Waals surface area contributed by atoms with Crippen molar-refractivity contribution in [3.63, 3.8) is 0 Å². The number of hydrogen-bond donors (Lipinski definition) is 1. The average Bonchev–Trinajstić information content (AvgIpc) is 2.18. The Hall–Kier alpha value is -0.0800. The first kappa shape index (κ1) is 12.0. The molecule has 0 unspecified atom stereocenters. The minimum Gasteiger partial charge on any atom is -0.317 e. The molecule has 1 aliphatic heterocycles. The predicted molar refractivity (Wildman–Crippen MR) is 62.6 cm³/mol. The van der Waals surface area contributed by atoms with Crippen molar-refractivity contribution in [1.29, 1.82) is 0 Å². The van der Waals surface area contributed by atoms with Crippen LogP contribution in [-0.2, 0) is 0 Å². The Morgan fingerprint density at radius 2 is 1.93 bits per heavy atom. The Morgan fingerprint density at radius 3 is 2.43 bits per heavy atom. The normalized spacial score (nSPS) is 20.6. The van der Waals surface area contributed by atoms with Gasteiger partial charge in [0.1, 0.15) is 0 Å². The van der Waals surface area contributed by atoms with Crippen LogP contribution >= 0.6 is 0 Å². The number of piperidine rings is 1. The van der Waals surface area contributed by atoms with E-state index in [1.54, 1.807) is 0 Å². The molecule has 0 atom stereocenters. The Kier molecular flexibility index (Phi) is 5.49. The highest BCUT2D eigenvalue weighted by molar-refractivity contribution is 4.75.